The van der Waals surface area contributed by atoms with Crippen LogP contribution in [-0.4, -0.2) is 0 Å². The normalized spacial score (nSPS) is 12.5. The van der Waals surface area contributed by atoms with Crippen molar-refractivity contribution in [2.24, 2.45) is 0 Å². The molecule has 1 atom stereocenters. The Balaban J connectivity index is 2.44. The molecule has 2 aromatic rings. The van der Waals surface area contributed by atoms with Gasteiger partial charge in [0.15, 0.2) is 0 Å². The molecule has 0 spiro atoms. The number of hydrogen-bond acceptors (Lipinski definition) is 0. The van der Waals surface area contributed by atoms with Gasteiger partial charge in [0.05, 0.1) is 4.83 Å². The maximum Gasteiger partial charge on any atom is 0.130 e. The highest BCUT2D eigenvalue weighted by Gasteiger charge is 2.17. The lowest BCUT2D eigenvalue weighted by Crippen LogP contribution is -1.98. The van der Waals surface area contributed by atoms with Crippen molar-refractivity contribution in [1.82, 2.24) is 0 Å². The Morgan fingerprint density at radius 3 is 2.33 bits per heavy atom. The summed E-state index contributed by atoms with van der Waals surface area (Å²) in [5.41, 5.74) is 2.15. The van der Waals surface area contributed by atoms with Gasteiger partial charge in [-0.05, 0) is 30.2 Å². The lowest BCUT2D eigenvalue weighted by atomic mass is 10.0. The van der Waals surface area contributed by atoms with E-state index in [0.717, 1.165) is 17.2 Å². The van der Waals surface area contributed by atoms with Gasteiger partial charge < -0.3 is 0 Å². The summed E-state index contributed by atoms with van der Waals surface area (Å²) in [5.74, 6) is -1.18. The third-order valence-corrected chi connectivity index (χ3v) is 3.98. The lowest BCUT2D eigenvalue weighted by molar-refractivity contribution is 0.574. The summed E-state index contributed by atoms with van der Waals surface area (Å²) < 4.78 is 26.5. The third-order valence-electron chi connectivity index (χ3n) is 2.66. The summed E-state index contributed by atoms with van der Waals surface area (Å²) in [6.07, 6.45) is 0. The van der Waals surface area contributed by atoms with E-state index in [1.165, 1.54) is 12.1 Å². The second-order valence-corrected chi connectivity index (χ2v) is 5.38. The second-order valence-electron chi connectivity index (χ2n) is 4.05. The molecule has 0 saturated heterocycles. The molecule has 2 aromatic carbocycles. The number of alkyl halides is 1. The fourth-order valence-corrected chi connectivity index (χ4v) is 2.96. The molecule has 0 bridgehead atoms. The van der Waals surface area contributed by atoms with E-state index in [2.05, 4.69) is 15.9 Å². The second kappa shape index (κ2) is 5.37. The third kappa shape index (κ3) is 2.73. The van der Waals surface area contributed by atoms with Crippen molar-refractivity contribution < 1.29 is 8.78 Å². The molecule has 18 heavy (non-hydrogen) atoms. The van der Waals surface area contributed by atoms with E-state index in [-0.39, 0.29) is 0 Å². The minimum Gasteiger partial charge on any atom is -0.207 e. The van der Waals surface area contributed by atoms with Crippen LogP contribution in [0.3, 0.4) is 0 Å². The molecule has 1 unspecified atom stereocenters. The van der Waals surface area contributed by atoms with Gasteiger partial charge >= 0.3 is 0 Å². The zero-order valence-corrected chi connectivity index (χ0v) is 11.9. The number of rotatable bonds is 2. The van der Waals surface area contributed by atoms with Gasteiger partial charge in [0.2, 0.25) is 0 Å². The van der Waals surface area contributed by atoms with Crippen molar-refractivity contribution in [3.63, 3.8) is 0 Å². The van der Waals surface area contributed by atoms with E-state index in [4.69, 9.17) is 11.6 Å². The lowest BCUT2D eigenvalue weighted by Gasteiger charge is -2.14. The Bertz CT molecular complexity index is 533. The van der Waals surface area contributed by atoms with Gasteiger partial charge in [0.1, 0.15) is 11.6 Å². The summed E-state index contributed by atoms with van der Waals surface area (Å²) in [7, 11) is 0. The van der Waals surface area contributed by atoms with Crippen molar-refractivity contribution in [2.45, 2.75) is 11.8 Å². The van der Waals surface area contributed by atoms with Crippen LogP contribution in [0.1, 0.15) is 21.5 Å². The average Bonchev–Trinajstić information content (AvgIpc) is 2.28. The van der Waals surface area contributed by atoms with Crippen LogP contribution in [0.5, 0.6) is 0 Å². The maximum absolute atomic E-state index is 13.7. The van der Waals surface area contributed by atoms with Crippen molar-refractivity contribution in [3.8, 4) is 0 Å². The summed E-state index contributed by atoms with van der Waals surface area (Å²) >= 11 is 9.53. The zero-order chi connectivity index (χ0) is 13.3. The number of hydrogen-bond donors (Lipinski definition) is 0. The fraction of sp³-hybridized carbons (Fsp3) is 0.143. The molecule has 94 valence electrons. The van der Waals surface area contributed by atoms with E-state index in [0.29, 0.717) is 10.6 Å². The van der Waals surface area contributed by atoms with E-state index in [1.54, 1.807) is 0 Å². The number of aryl methyl sites for hydroxylation is 1. The first-order valence-electron chi connectivity index (χ1n) is 5.34. The van der Waals surface area contributed by atoms with Crippen LogP contribution >= 0.6 is 27.5 Å². The summed E-state index contributed by atoms with van der Waals surface area (Å²) in [6.45, 7) is 1.93. The molecule has 0 nitrogen and oxygen atoms in total. The Labute approximate surface area is 118 Å². The largest absolute Gasteiger partial charge is 0.207 e. The molecular formula is C14H10BrClF2. The minimum atomic E-state index is -0.592. The summed E-state index contributed by atoms with van der Waals surface area (Å²) in [6, 6.07) is 9.06. The first kappa shape index (κ1) is 13.5. The van der Waals surface area contributed by atoms with Crippen LogP contribution in [0.25, 0.3) is 0 Å². The Morgan fingerprint density at radius 1 is 1.06 bits per heavy atom. The highest BCUT2D eigenvalue weighted by molar-refractivity contribution is 9.09. The van der Waals surface area contributed by atoms with Gasteiger partial charge in [-0.3, -0.25) is 0 Å². The first-order chi connectivity index (χ1) is 8.49. The van der Waals surface area contributed by atoms with E-state index in [9.17, 15) is 8.78 Å². The standard InChI is InChI=1S/C14H10BrClF2/c1-8-2-4-10(12(16)6-8)14(15)11-5-3-9(17)7-13(11)18/h2-7,14H,1H3. The maximum atomic E-state index is 13.7. The van der Waals surface area contributed by atoms with Crippen LogP contribution in [0, 0.1) is 18.6 Å². The van der Waals surface area contributed by atoms with Gasteiger partial charge in [-0.15, -0.1) is 0 Å². The molecule has 2 rings (SSSR count). The molecule has 0 N–H and O–H groups in total. The molecule has 0 aliphatic rings. The van der Waals surface area contributed by atoms with Gasteiger partial charge in [0.25, 0.3) is 0 Å². The van der Waals surface area contributed by atoms with Crippen LogP contribution in [-0.2, 0) is 0 Å². The number of halogens is 4. The van der Waals surface area contributed by atoms with Crippen molar-refractivity contribution >= 4 is 27.5 Å². The molecule has 0 fully saturated rings. The molecule has 0 aromatic heterocycles. The Morgan fingerprint density at radius 2 is 1.72 bits per heavy atom. The average molecular weight is 332 g/mol. The van der Waals surface area contributed by atoms with E-state index >= 15 is 0 Å². The van der Waals surface area contributed by atoms with Gasteiger partial charge in [-0.2, -0.15) is 0 Å². The number of benzene rings is 2. The minimum absolute atomic E-state index is 0.363. The van der Waals surface area contributed by atoms with Gasteiger partial charge in [0, 0.05) is 16.7 Å². The molecule has 0 aliphatic heterocycles. The first-order valence-corrected chi connectivity index (χ1v) is 6.63. The summed E-state index contributed by atoms with van der Waals surface area (Å²) in [4.78, 5) is -0.397. The van der Waals surface area contributed by atoms with Crippen LogP contribution < -0.4 is 0 Å². The van der Waals surface area contributed by atoms with Crippen molar-refractivity contribution in [1.29, 1.82) is 0 Å². The Kier molecular flexibility index (Phi) is 4.03. The molecular weight excluding hydrogens is 322 g/mol. The van der Waals surface area contributed by atoms with Crippen LogP contribution in [0.4, 0.5) is 8.78 Å². The van der Waals surface area contributed by atoms with Crippen LogP contribution in [0.15, 0.2) is 36.4 Å². The fourth-order valence-electron chi connectivity index (χ4n) is 1.71. The predicted octanol–water partition coefficient (Wildman–Crippen LogP) is 5.41. The highest BCUT2D eigenvalue weighted by atomic mass is 79.9. The predicted molar refractivity (Wildman–Crippen MR) is 73.3 cm³/mol. The molecule has 0 saturated carbocycles. The van der Waals surface area contributed by atoms with Crippen LogP contribution in [0.2, 0.25) is 5.02 Å². The van der Waals surface area contributed by atoms with Gasteiger partial charge in [-0.25, -0.2) is 8.78 Å². The molecule has 0 aliphatic carbocycles. The van der Waals surface area contributed by atoms with E-state index < -0.39 is 16.5 Å². The molecule has 0 radical (unpaired) electrons. The van der Waals surface area contributed by atoms with Crippen molar-refractivity contribution in [2.75, 3.05) is 0 Å². The van der Waals surface area contributed by atoms with E-state index in [1.807, 2.05) is 25.1 Å². The van der Waals surface area contributed by atoms with Crippen molar-refractivity contribution in [3.05, 3.63) is 69.7 Å². The van der Waals surface area contributed by atoms with Gasteiger partial charge in [-0.1, -0.05) is 45.7 Å². The molecule has 0 heterocycles. The Hall–Kier alpha value is -0.930. The highest BCUT2D eigenvalue weighted by Crippen LogP contribution is 2.36. The topological polar surface area (TPSA) is 0 Å². The summed E-state index contributed by atoms with van der Waals surface area (Å²) in [5, 5.41) is 0.556. The molecule has 0 amide bonds. The zero-order valence-electron chi connectivity index (χ0n) is 9.55. The monoisotopic (exact) mass is 330 g/mol. The molecule has 4 heteroatoms. The smallest absolute Gasteiger partial charge is 0.130 e. The quantitative estimate of drug-likeness (QED) is 0.645. The SMILES string of the molecule is Cc1ccc(C(Br)c2ccc(F)cc2F)c(Cl)c1.